The molecule has 0 aliphatic carbocycles. The van der Waals surface area contributed by atoms with Crippen LogP contribution in [-0.2, 0) is 19.1 Å². The van der Waals surface area contributed by atoms with E-state index in [1.807, 2.05) is 13.8 Å². The molecule has 7 nitrogen and oxygen atoms in total. The number of hydrogen-bond donors (Lipinski definition) is 3. The quantitative estimate of drug-likeness (QED) is 0.398. The van der Waals surface area contributed by atoms with Gasteiger partial charge in [0, 0.05) is 38.0 Å². The minimum atomic E-state index is -0.0554. The highest BCUT2D eigenvalue weighted by Gasteiger charge is 2.05. The van der Waals surface area contributed by atoms with Crippen LogP contribution in [0.1, 0.15) is 34.1 Å². The Hall–Kier alpha value is -1.18. The zero-order chi connectivity index (χ0) is 17.5. The van der Waals surface area contributed by atoms with Crippen molar-refractivity contribution in [3.63, 3.8) is 0 Å². The van der Waals surface area contributed by atoms with Crippen LogP contribution in [0.3, 0.4) is 0 Å². The van der Waals surface area contributed by atoms with Crippen molar-refractivity contribution in [2.24, 2.45) is 5.92 Å². The van der Waals surface area contributed by atoms with E-state index in [2.05, 4.69) is 29.8 Å². The summed E-state index contributed by atoms with van der Waals surface area (Å²) in [6.07, 6.45) is 0.313. The fourth-order valence-electron chi connectivity index (χ4n) is 1.59. The molecule has 2 amide bonds. The maximum Gasteiger partial charge on any atom is 0.222 e. The number of carbonyl (C=O) groups is 2. The monoisotopic (exact) mass is 331 g/mol. The van der Waals surface area contributed by atoms with Gasteiger partial charge in [0.1, 0.15) is 0 Å². The molecule has 0 aromatic rings. The Bertz CT molecular complexity index is 322. The molecule has 0 atom stereocenters. The number of rotatable bonds is 14. The molecule has 0 radical (unpaired) electrons. The standard InChI is InChI=1S/C16H33N3O4/c1-13(2)16(21)19-8-12-22-9-5-15(20)18-7-11-23-10-6-17-14(3)4/h13-14,17H,5-12H2,1-4H3,(H,18,20)(H,19,21). The molecule has 0 aliphatic heterocycles. The van der Waals surface area contributed by atoms with Gasteiger partial charge in [-0.15, -0.1) is 0 Å². The molecule has 0 rings (SSSR count). The van der Waals surface area contributed by atoms with E-state index in [0.717, 1.165) is 6.54 Å². The number of nitrogens with one attached hydrogen (secondary N) is 3. The van der Waals surface area contributed by atoms with Crippen molar-refractivity contribution in [2.45, 2.75) is 40.2 Å². The van der Waals surface area contributed by atoms with E-state index >= 15 is 0 Å². The lowest BCUT2D eigenvalue weighted by atomic mass is 10.2. The predicted molar refractivity (Wildman–Crippen MR) is 90.3 cm³/mol. The third kappa shape index (κ3) is 15.5. The highest BCUT2D eigenvalue weighted by molar-refractivity contribution is 5.77. The molecule has 0 spiro atoms. The molecular formula is C16H33N3O4. The van der Waals surface area contributed by atoms with Crippen LogP contribution in [-0.4, -0.2) is 63.9 Å². The number of carbonyl (C=O) groups excluding carboxylic acids is 2. The molecule has 0 aliphatic rings. The van der Waals surface area contributed by atoms with Gasteiger partial charge in [0.2, 0.25) is 11.8 Å². The SMILES string of the molecule is CC(C)NCCOCCNC(=O)CCOCCNC(=O)C(C)C. The largest absolute Gasteiger partial charge is 0.379 e. The smallest absolute Gasteiger partial charge is 0.222 e. The van der Waals surface area contributed by atoms with Crippen LogP contribution < -0.4 is 16.0 Å². The maximum atomic E-state index is 11.5. The van der Waals surface area contributed by atoms with E-state index in [1.54, 1.807) is 0 Å². The van der Waals surface area contributed by atoms with Gasteiger partial charge in [-0.2, -0.15) is 0 Å². The Morgan fingerprint density at radius 3 is 2.00 bits per heavy atom. The van der Waals surface area contributed by atoms with E-state index < -0.39 is 0 Å². The molecule has 23 heavy (non-hydrogen) atoms. The molecule has 0 saturated heterocycles. The first-order valence-corrected chi connectivity index (χ1v) is 8.36. The third-order valence-corrected chi connectivity index (χ3v) is 2.91. The third-order valence-electron chi connectivity index (χ3n) is 2.91. The van der Waals surface area contributed by atoms with Crippen molar-refractivity contribution < 1.29 is 19.1 Å². The van der Waals surface area contributed by atoms with E-state index in [1.165, 1.54) is 0 Å². The van der Waals surface area contributed by atoms with Gasteiger partial charge in [0.25, 0.3) is 0 Å². The molecule has 7 heteroatoms. The summed E-state index contributed by atoms with van der Waals surface area (Å²) in [5.41, 5.74) is 0. The van der Waals surface area contributed by atoms with Crippen LogP contribution in [0.2, 0.25) is 0 Å². The van der Waals surface area contributed by atoms with Gasteiger partial charge in [0.05, 0.1) is 26.4 Å². The van der Waals surface area contributed by atoms with E-state index in [0.29, 0.717) is 52.0 Å². The minimum Gasteiger partial charge on any atom is -0.379 e. The summed E-state index contributed by atoms with van der Waals surface area (Å²) >= 11 is 0. The van der Waals surface area contributed by atoms with Gasteiger partial charge in [-0.1, -0.05) is 27.7 Å². The van der Waals surface area contributed by atoms with E-state index in [-0.39, 0.29) is 17.7 Å². The Morgan fingerprint density at radius 1 is 0.826 bits per heavy atom. The molecular weight excluding hydrogens is 298 g/mol. The molecule has 0 bridgehead atoms. The van der Waals surface area contributed by atoms with Crippen LogP contribution in [0.25, 0.3) is 0 Å². The first-order chi connectivity index (χ1) is 10.9. The topological polar surface area (TPSA) is 88.7 Å². The normalized spacial score (nSPS) is 11.0. The Kier molecular flexibility index (Phi) is 13.7. The van der Waals surface area contributed by atoms with Crippen molar-refractivity contribution >= 4 is 11.8 Å². The van der Waals surface area contributed by atoms with Crippen molar-refractivity contribution in [1.82, 2.24) is 16.0 Å². The fourth-order valence-corrected chi connectivity index (χ4v) is 1.59. The second-order valence-corrected chi connectivity index (χ2v) is 5.88. The van der Waals surface area contributed by atoms with Crippen molar-refractivity contribution in [2.75, 3.05) is 46.1 Å². The van der Waals surface area contributed by atoms with Gasteiger partial charge in [-0.25, -0.2) is 0 Å². The van der Waals surface area contributed by atoms with Gasteiger partial charge in [0.15, 0.2) is 0 Å². The molecule has 0 aromatic heterocycles. The zero-order valence-electron chi connectivity index (χ0n) is 14.9. The molecule has 0 fully saturated rings. The number of hydrogen-bond acceptors (Lipinski definition) is 5. The molecule has 0 unspecified atom stereocenters. The Labute approximate surface area is 139 Å². The zero-order valence-corrected chi connectivity index (χ0v) is 14.9. The highest BCUT2D eigenvalue weighted by atomic mass is 16.5. The summed E-state index contributed by atoms with van der Waals surface area (Å²) < 4.78 is 10.7. The Morgan fingerprint density at radius 2 is 1.39 bits per heavy atom. The summed E-state index contributed by atoms with van der Waals surface area (Å²) in [6.45, 7) is 11.5. The van der Waals surface area contributed by atoms with E-state index in [4.69, 9.17) is 9.47 Å². The summed E-state index contributed by atoms with van der Waals surface area (Å²) in [5, 5.41) is 8.77. The summed E-state index contributed by atoms with van der Waals surface area (Å²) in [5.74, 6) is -0.0702. The summed E-state index contributed by atoms with van der Waals surface area (Å²) in [4.78, 5) is 22.8. The second-order valence-electron chi connectivity index (χ2n) is 5.88. The van der Waals surface area contributed by atoms with Crippen LogP contribution in [0.15, 0.2) is 0 Å². The van der Waals surface area contributed by atoms with Crippen molar-refractivity contribution in [1.29, 1.82) is 0 Å². The lowest BCUT2D eigenvalue weighted by Gasteiger charge is -2.10. The highest BCUT2D eigenvalue weighted by Crippen LogP contribution is 1.90. The van der Waals surface area contributed by atoms with Gasteiger partial charge in [-0.3, -0.25) is 9.59 Å². The fraction of sp³-hybridized carbons (Fsp3) is 0.875. The van der Waals surface area contributed by atoms with Crippen LogP contribution in [0.4, 0.5) is 0 Å². The second kappa shape index (κ2) is 14.4. The first kappa shape index (κ1) is 21.8. The average molecular weight is 331 g/mol. The minimum absolute atomic E-state index is 0.00920. The molecule has 0 heterocycles. The molecule has 0 aromatic carbocycles. The predicted octanol–water partition coefficient (Wildman–Crippen LogP) is 0.296. The van der Waals surface area contributed by atoms with Crippen LogP contribution in [0, 0.1) is 5.92 Å². The summed E-state index contributed by atoms with van der Waals surface area (Å²) in [7, 11) is 0. The van der Waals surface area contributed by atoms with Crippen molar-refractivity contribution in [3.05, 3.63) is 0 Å². The van der Waals surface area contributed by atoms with E-state index in [9.17, 15) is 9.59 Å². The van der Waals surface area contributed by atoms with Crippen molar-refractivity contribution in [3.8, 4) is 0 Å². The number of amides is 2. The van der Waals surface area contributed by atoms with Gasteiger partial charge in [-0.05, 0) is 0 Å². The first-order valence-electron chi connectivity index (χ1n) is 8.36. The molecule has 136 valence electrons. The Balaban J connectivity index is 3.30. The van der Waals surface area contributed by atoms with Crippen LogP contribution in [0.5, 0.6) is 0 Å². The molecule has 0 saturated carbocycles. The summed E-state index contributed by atoms with van der Waals surface area (Å²) in [6, 6.07) is 0.456. The van der Waals surface area contributed by atoms with Crippen LogP contribution >= 0.6 is 0 Å². The number of ether oxygens (including phenoxy) is 2. The lowest BCUT2D eigenvalue weighted by Crippen LogP contribution is -2.32. The lowest BCUT2D eigenvalue weighted by molar-refractivity contribution is -0.125. The maximum absolute atomic E-state index is 11.5. The average Bonchev–Trinajstić information content (AvgIpc) is 2.49. The molecule has 3 N–H and O–H groups in total. The van der Waals surface area contributed by atoms with Gasteiger partial charge >= 0.3 is 0 Å². The van der Waals surface area contributed by atoms with Gasteiger partial charge < -0.3 is 25.4 Å².